The second-order valence-electron chi connectivity index (χ2n) is 7.26. The second kappa shape index (κ2) is 6.31. The number of carbonyl (C=O) groups excluding carboxylic acids is 3. The van der Waals surface area contributed by atoms with E-state index in [1.54, 1.807) is 4.90 Å². The standard InChI is InChI=1S/C15H17BrF3N5O4/c1-28-14-10(25)21-13(27)24(16)11(14)22(6-20-14)9-4-7-2-3-8(5-9)23(7)12(26)15(17,18)19/h6-9,11H,2-5H2,1H3,(H,21,25,27). The zero-order valence-corrected chi connectivity index (χ0v) is 16.2. The molecule has 0 aromatic carbocycles. The van der Waals surface area contributed by atoms with E-state index in [0.717, 1.165) is 8.83 Å². The van der Waals surface area contributed by atoms with E-state index in [4.69, 9.17) is 4.74 Å². The van der Waals surface area contributed by atoms with Gasteiger partial charge in [0.05, 0.1) is 22.5 Å². The lowest BCUT2D eigenvalue weighted by Crippen LogP contribution is -2.71. The molecule has 4 atom stereocenters. The van der Waals surface area contributed by atoms with Gasteiger partial charge in [0.15, 0.2) is 6.17 Å². The fourth-order valence-corrected chi connectivity index (χ4v) is 5.27. The highest BCUT2D eigenvalue weighted by Gasteiger charge is 2.62. The maximum absolute atomic E-state index is 12.9. The highest BCUT2D eigenvalue weighted by Crippen LogP contribution is 2.43. The van der Waals surface area contributed by atoms with Crippen LogP contribution in [0.3, 0.4) is 0 Å². The number of alkyl halides is 3. The zero-order chi connectivity index (χ0) is 20.4. The van der Waals surface area contributed by atoms with E-state index in [0.29, 0.717) is 12.8 Å². The molecule has 3 saturated heterocycles. The van der Waals surface area contributed by atoms with Crippen molar-refractivity contribution < 1.29 is 32.3 Å². The Labute approximate surface area is 166 Å². The Kier molecular flexibility index (Phi) is 4.38. The molecule has 13 heteroatoms. The third-order valence-electron chi connectivity index (χ3n) is 5.89. The number of methoxy groups -OCH3 is 1. The van der Waals surface area contributed by atoms with E-state index in [9.17, 15) is 27.6 Å². The van der Waals surface area contributed by atoms with Gasteiger partial charge >= 0.3 is 18.1 Å². The third-order valence-corrected chi connectivity index (χ3v) is 6.60. The van der Waals surface area contributed by atoms with E-state index >= 15 is 0 Å². The Hall–Kier alpha value is -1.89. The van der Waals surface area contributed by atoms with Gasteiger partial charge in [0.1, 0.15) is 0 Å². The molecule has 1 N–H and O–H groups in total. The highest BCUT2D eigenvalue weighted by molar-refractivity contribution is 9.07. The normalized spacial score (nSPS) is 37.4. The van der Waals surface area contributed by atoms with Gasteiger partial charge in [0.2, 0.25) is 0 Å². The first kappa shape index (κ1) is 19.4. The molecule has 4 aliphatic rings. The van der Waals surface area contributed by atoms with Crippen molar-refractivity contribution in [2.75, 3.05) is 7.11 Å². The van der Waals surface area contributed by atoms with Crippen LogP contribution in [0.25, 0.3) is 0 Å². The first-order valence-electron chi connectivity index (χ1n) is 8.68. The maximum atomic E-state index is 12.9. The Balaban J connectivity index is 1.59. The molecule has 4 unspecified atom stereocenters. The van der Waals surface area contributed by atoms with Crippen molar-refractivity contribution in [2.24, 2.45) is 4.99 Å². The minimum atomic E-state index is -4.91. The third kappa shape index (κ3) is 2.62. The minimum absolute atomic E-state index is 0.275. The molecule has 4 rings (SSSR count). The quantitative estimate of drug-likeness (QED) is 0.610. The predicted octanol–water partition coefficient (Wildman–Crippen LogP) is 0.945. The molecule has 3 fully saturated rings. The van der Waals surface area contributed by atoms with Gasteiger partial charge in [0.25, 0.3) is 11.6 Å². The molecule has 28 heavy (non-hydrogen) atoms. The summed E-state index contributed by atoms with van der Waals surface area (Å²) in [7, 11) is 1.29. The molecular formula is C15H17BrF3N5O4. The second-order valence-corrected chi connectivity index (χ2v) is 8.02. The average molecular weight is 468 g/mol. The molecular weight excluding hydrogens is 451 g/mol. The first-order chi connectivity index (χ1) is 13.1. The number of carbonyl (C=O) groups is 3. The molecule has 2 bridgehead atoms. The predicted molar refractivity (Wildman–Crippen MR) is 90.9 cm³/mol. The molecule has 0 aromatic rings. The van der Waals surface area contributed by atoms with Crippen LogP contribution < -0.4 is 5.32 Å². The van der Waals surface area contributed by atoms with Crippen LogP contribution in [0, 0.1) is 0 Å². The van der Waals surface area contributed by atoms with Crippen LogP contribution in [0.2, 0.25) is 0 Å². The molecule has 4 heterocycles. The summed E-state index contributed by atoms with van der Waals surface area (Å²) < 4.78 is 45.2. The van der Waals surface area contributed by atoms with E-state index in [1.807, 2.05) is 0 Å². The van der Waals surface area contributed by atoms with E-state index in [-0.39, 0.29) is 18.9 Å². The summed E-state index contributed by atoms with van der Waals surface area (Å²) in [6, 6.07) is -2.11. The van der Waals surface area contributed by atoms with Gasteiger partial charge in [-0.1, -0.05) is 0 Å². The molecule has 0 spiro atoms. The summed E-state index contributed by atoms with van der Waals surface area (Å²) in [4.78, 5) is 43.0. The summed E-state index contributed by atoms with van der Waals surface area (Å²) in [5.41, 5.74) is -1.67. The number of halogens is 4. The maximum Gasteiger partial charge on any atom is 0.471 e. The van der Waals surface area contributed by atoms with Crippen LogP contribution in [-0.2, 0) is 14.3 Å². The largest absolute Gasteiger partial charge is 0.471 e. The van der Waals surface area contributed by atoms with Crippen molar-refractivity contribution in [3.8, 4) is 0 Å². The van der Waals surface area contributed by atoms with Gasteiger partial charge in [-0.25, -0.2) is 13.7 Å². The average Bonchev–Trinajstić information content (AvgIpc) is 3.15. The number of aliphatic imine (C=N–C) groups is 1. The Bertz CT molecular complexity index is 750. The molecule has 4 amide bonds. The van der Waals surface area contributed by atoms with Crippen LogP contribution in [0.5, 0.6) is 0 Å². The number of hydrogen-bond donors (Lipinski definition) is 1. The Morgan fingerprint density at radius 1 is 1.29 bits per heavy atom. The summed E-state index contributed by atoms with van der Waals surface area (Å²) >= 11 is 3.13. The Morgan fingerprint density at radius 3 is 2.43 bits per heavy atom. The molecule has 154 valence electrons. The SMILES string of the molecule is COC12N=CN(C3CC4CCC(C3)N4C(=O)C(F)(F)F)C1N(Br)C(=O)NC2=O. The number of nitrogens with one attached hydrogen (secondary N) is 1. The van der Waals surface area contributed by atoms with Gasteiger partial charge < -0.3 is 14.5 Å². The molecule has 9 nitrogen and oxygen atoms in total. The zero-order valence-electron chi connectivity index (χ0n) is 14.6. The molecule has 0 radical (unpaired) electrons. The van der Waals surface area contributed by atoms with E-state index in [1.165, 1.54) is 13.4 Å². The van der Waals surface area contributed by atoms with Crippen LogP contribution in [0.4, 0.5) is 18.0 Å². The first-order valence-corrected chi connectivity index (χ1v) is 9.39. The lowest BCUT2D eigenvalue weighted by Gasteiger charge is -2.47. The summed E-state index contributed by atoms with van der Waals surface area (Å²) in [5, 5.41) is 2.14. The minimum Gasteiger partial charge on any atom is -0.346 e. The Morgan fingerprint density at radius 2 is 1.89 bits per heavy atom. The lowest BCUT2D eigenvalue weighted by atomic mass is 9.94. The summed E-state index contributed by atoms with van der Waals surface area (Å²) in [6.07, 6.45) is -2.93. The van der Waals surface area contributed by atoms with Gasteiger partial charge in [-0.2, -0.15) is 13.2 Å². The van der Waals surface area contributed by atoms with Crippen LogP contribution in [-0.4, -0.2) is 81.2 Å². The van der Waals surface area contributed by atoms with Crippen molar-refractivity contribution in [3.63, 3.8) is 0 Å². The molecule has 0 aromatic heterocycles. The fourth-order valence-electron chi connectivity index (χ4n) is 4.70. The molecule has 0 aliphatic carbocycles. The van der Waals surface area contributed by atoms with Crippen LogP contribution in [0.1, 0.15) is 25.7 Å². The van der Waals surface area contributed by atoms with Gasteiger partial charge in [-0.05, 0) is 25.7 Å². The number of hydrogen-bond acceptors (Lipinski definition) is 6. The van der Waals surface area contributed by atoms with E-state index < -0.39 is 48.0 Å². The number of imide groups is 1. The highest BCUT2D eigenvalue weighted by atomic mass is 79.9. The van der Waals surface area contributed by atoms with Gasteiger partial charge in [-0.15, -0.1) is 0 Å². The lowest BCUT2D eigenvalue weighted by molar-refractivity contribution is -0.191. The number of urea groups is 1. The molecule has 4 aliphatic heterocycles. The van der Waals surface area contributed by atoms with Crippen molar-refractivity contribution in [1.82, 2.24) is 19.0 Å². The number of fused-ring (bicyclic) bond motifs is 3. The van der Waals surface area contributed by atoms with Crippen molar-refractivity contribution in [2.45, 2.75) is 61.9 Å². The van der Waals surface area contributed by atoms with Gasteiger partial charge in [0, 0.05) is 25.2 Å². The van der Waals surface area contributed by atoms with Crippen molar-refractivity contribution >= 4 is 40.3 Å². The fraction of sp³-hybridized carbons (Fsp3) is 0.733. The molecule has 0 saturated carbocycles. The monoisotopic (exact) mass is 467 g/mol. The smallest absolute Gasteiger partial charge is 0.346 e. The number of ether oxygens (including phenoxy) is 1. The van der Waals surface area contributed by atoms with Crippen molar-refractivity contribution in [1.29, 1.82) is 0 Å². The number of amides is 4. The number of nitrogens with zero attached hydrogens (tertiary/aromatic N) is 4. The van der Waals surface area contributed by atoms with Crippen LogP contribution >= 0.6 is 16.1 Å². The van der Waals surface area contributed by atoms with Crippen LogP contribution in [0.15, 0.2) is 4.99 Å². The topological polar surface area (TPSA) is 94.6 Å². The van der Waals surface area contributed by atoms with Gasteiger partial charge in [-0.3, -0.25) is 14.9 Å². The van der Waals surface area contributed by atoms with E-state index in [2.05, 4.69) is 26.5 Å². The van der Waals surface area contributed by atoms with Crippen molar-refractivity contribution in [3.05, 3.63) is 0 Å². The number of rotatable bonds is 2. The summed E-state index contributed by atoms with van der Waals surface area (Å²) in [5.74, 6) is -2.53. The summed E-state index contributed by atoms with van der Waals surface area (Å²) in [6.45, 7) is 0. The number of piperidine rings is 1.